The van der Waals surface area contributed by atoms with Gasteiger partial charge in [-0.15, -0.1) is 0 Å². The van der Waals surface area contributed by atoms with E-state index in [-0.39, 0.29) is 16.9 Å². The second-order valence-corrected chi connectivity index (χ2v) is 5.65. The summed E-state index contributed by atoms with van der Waals surface area (Å²) in [5.74, 6) is -0.381. The first-order valence-corrected chi connectivity index (χ1v) is 7.74. The Bertz CT molecular complexity index is 580. The lowest BCUT2D eigenvalue weighted by Crippen LogP contribution is -2.17. The minimum atomic E-state index is -0.381. The number of benzene rings is 2. The van der Waals surface area contributed by atoms with Crippen molar-refractivity contribution in [3.05, 3.63) is 70.0 Å². The van der Waals surface area contributed by atoms with E-state index in [1.807, 2.05) is 13.1 Å². The highest BCUT2D eigenvalue weighted by Gasteiger charge is 2.13. The molecule has 0 saturated carbocycles. The SMILES string of the molecule is CCCCc1ccc(C(NC)c2ccc(Cl)c(F)c2)cc1. The zero-order valence-corrected chi connectivity index (χ0v) is 13.3. The first kappa shape index (κ1) is 16.0. The van der Waals surface area contributed by atoms with Crippen molar-refractivity contribution in [3.8, 4) is 0 Å². The molecule has 0 aliphatic heterocycles. The van der Waals surface area contributed by atoms with Crippen molar-refractivity contribution in [2.24, 2.45) is 0 Å². The van der Waals surface area contributed by atoms with Crippen LogP contribution >= 0.6 is 11.6 Å². The first-order valence-electron chi connectivity index (χ1n) is 7.36. The zero-order valence-electron chi connectivity index (χ0n) is 12.5. The van der Waals surface area contributed by atoms with Crippen molar-refractivity contribution in [1.29, 1.82) is 0 Å². The highest BCUT2D eigenvalue weighted by atomic mass is 35.5. The maximum atomic E-state index is 13.6. The van der Waals surface area contributed by atoms with Gasteiger partial charge in [-0.25, -0.2) is 4.39 Å². The minimum absolute atomic E-state index is 0.0306. The van der Waals surface area contributed by atoms with Crippen LogP contribution in [0.2, 0.25) is 5.02 Å². The summed E-state index contributed by atoms with van der Waals surface area (Å²) >= 11 is 5.75. The summed E-state index contributed by atoms with van der Waals surface area (Å²) in [6.07, 6.45) is 3.51. The molecule has 0 aromatic heterocycles. The van der Waals surface area contributed by atoms with Gasteiger partial charge in [-0.05, 0) is 48.7 Å². The fourth-order valence-corrected chi connectivity index (χ4v) is 2.59. The van der Waals surface area contributed by atoms with E-state index in [2.05, 4.69) is 36.5 Å². The second kappa shape index (κ2) is 7.58. The summed E-state index contributed by atoms with van der Waals surface area (Å²) < 4.78 is 13.6. The molecule has 0 fully saturated rings. The molecule has 0 aliphatic carbocycles. The molecule has 1 unspecified atom stereocenters. The monoisotopic (exact) mass is 305 g/mol. The number of nitrogens with one attached hydrogen (secondary N) is 1. The molecule has 0 aliphatic rings. The fourth-order valence-electron chi connectivity index (χ4n) is 2.48. The molecule has 2 aromatic carbocycles. The van der Waals surface area contributed by atoms with Crippen molar-refractivity contribution >= 4 is 11.6 Å². The van der Waals surface area contributed by atoms with Crippen molar-refractivity contribution in [1.82, 2.24) is 5.32 Å². The van der Waals surface area contributed by atoms with E-state index in [1.165, 1.54) is 24.5 Å². The van der Waals surface area contributed by atoms with Gasteiger partial charge in [-0.1, -0.05) is 55.3 Å². The van der Waals surface area contributed by atoms with Gasteiger partial charge in [-0.3, -0.25) is 0 Å². The molecule has 0 heterocycles. The predicted octanol–water partition coefficient (Wildman–Crippen LogP) is 5.13. The molecule has 0 bridgehead atoms. The lowest BCUT2D eigenvalue weighted by atomic mass is 9.97. The van der Waals surface area contributed by atoms with Crippen LogP contribution in [0.25, 0.3) is 0 Å². The average Bonchev–Trinajstić information content (AvgIpc) is 2.50. The normalized spacial score (nSPS) is 12.4. The van der Waals surface area contributed by atoms with Gasteiger partial charge in [0.05, 0.1) is 11.1 Å². The Morgan fingerprint density at radius 3 is 2.33 bits per heavy atom. The Morgan fingerprint density at radius 2 is 1.76 bits per heavy atom. The number of rotatable bonds is 6. The summed E-state index contributed by atoms with van der Waals surface area (Å²) in [5.41, 5.74) is 3.35. The van der Waals surface area contributed by atoms with Crippen molar-refractivity contribution in [2.75, 3.05) is 7.05 Å². The zero-order chi connectivity index (χ0) is 15.2. The van der Waals surface area contributed by atoms with Gasteiger partial charge in [0.15, 0.2) is 0 Å². The highest BCUT2D eigenvalue weighted by Crippen LogP contribution is 2.25. The quantitative estimate of drug-likeness (QED) is 0.780. The van der Waals surface area contributed by atoms with Crippen LogP contribution in [0, 0.1) is 5.82 Å². The van der Waals surface area contributed by atoms with Gasteiger partial charge in [0.2, 0.25) is 0 Å². The molecule has 2 aromatic rings. The summed E-state index contributed by atoms with van der Waals surface area (Å²) in [6, 6.07) is 13.5. The molecule has 1 atom stereocenters. The van der Waals surface area contributed by atoms with Gasteiger partial charge in [0.1, 0.15) is 5.82 Å². The Labute approximate surface area is 131 Å². The summed E-state index contributed by atoms with van der Waals surface area (Å²) in [5, 5.41) is 3.39. The Balaban J connectivity index is 2.22. The maximum absolute atomic E-state index is 13.6. The number of hydrogen-bond acceptors (Lipinski definition) is 1. The van der Waals surface area contributed by atoms with Crippen LogP contribution < -0.4 is 5.32 Å². The smallest absolute Gasteiger partial charge is 0.142 e. The average molecular weight is 306 g/mol. The largest absolute Gasteiger partial charge is 0.309 e. The lowest BCUT2D eigenvalue weighted by molar-refractivity contribution is 0.617. The standard InChI is InChI=1S/C18H21ClFN/c1-3-4-5-13-6-8-14(9-7-13)18(21-2)15-10-11-16(19)17(20)12-15/h6-12,18,21H,3-5H2,1-2H3. The molecule has 0 spiro atoms. The maximum Gasteiger partial charge on any atom is 0.142 e. The van der Waals surface area contributed by atoms with Gasteiger partial charge >= 0.3 is 0 Å². The molecular weight excluding hydrogens is 285 g/mol. The Kier molecular flexibility index (Phi) is 5.77. The summed E-state index contributed by atoms with van der Waals surface area (Å²) in [6.45, 7) is 2.19. The first-order chi connectivity index (χ1) is 10.2. The van der Waals surface area contributed by atoms with Crippen molar-refractivity contribution < 1.29 is 4.39 Å². The van der Waals surface area contributed by atoms with E-state index in [9.17, 15) is 4.39 Å². The predicted molar refractivity (Wildman–Crippen MR) is 87.4 cm³/mol. The van der Waals surface area contributed by atoms with Gasteiger partial charge in [0, 0.05) is 0 Å². The minimum Gasteiger partial charge on any atom is -0.309 e. The number of halogens is 2. The third-order valence-electron chi connectivity index (χ3n) is 3.70. The molecule has 0 amide bonds. The van der Waals surface area contributed by atoms with Crippen LogP contribution in [-0.2, 0) is 6.42 Å². The molecule has 112 valence electrons. The van der Waals surface area contributed by atoms with E-state index < -0.39 is 0 Å². The van der Waals surface area contributed by atoms with E-state index in [0.717, 1.165) is 17.5 Å². The number of unbranched alkanes of at least 4 members (excludes halogenated alkanes) is 1. The van der Waals surface area contributed by atoms with Crippen molar-refractivity contribution in [2.45, 2.75) is 32.2 Å². The molecular formula is C18H21ClFN. The highest BCUT2D eigenvalue weighted by molar-refractivity contribution is 6.30. The van der Waals surface area contributed by atoms with Crippen LogP contribution in [0.5, 0.6) is 0 Å². The summed E-state index contributed by atoms with van der Waals surface area (Å²) in [7, 11) is 1.88. The Morgan fingerprint density at radius 1 is 1.10 bits per heavy atom. The van der Waals surface area contributed by atoms with Crippen LogP contribution in [0.15, 0.2) is 42.5 Å². The number of aryl methyl sites for hydroxylation is 1. The van der Waals surface area contributed by atoms with E-state index in [1.54, 1.807) is 6.07 Å². The second-order valence-electron chi connectivity index (χ2n) is 5.24. The molecule has 0 saturated heterocycles. The van der Waals surface area contributed by atoms with Crippen molar-refractivity contribution in [3.63, 3.8) is 0 Å². The van der Waals surface area contributed by atoms with Gasteiger partial charge < -0.3 is 5.32 Å². The van der Waals surface area contributed by atoms with Gasteiger partial charge in [0.25, 0.3) is 0 Å². The number of hydrogen-bond donors (Lipinski definition) is 1. The molecule has 1 N–H and O–H groups in total. The molecule has 1 nitrogen and oxygen atoms in total. The van der Waals surface area contributed by atoms with Crippen LogP contribution in [0.1, 0.15) is 42.5 Å². The topological polar surface area (TPSA) is 12.0 Å². The molecule has 3 heteroatoms. The van der Waals surface area contributed by atoms with E-state index in [4.69, 9.17) is 11.6 Å². The molecule has 0 radical (unpaired) electrons. The lowest BCUT2D eigenvalue weighted by Gasteiger charge is -2.18. The van der Waals surface area contributed by atoms with Gasteiger partial charge in [-0.2, -0.15) is 0 Å². The molecule has 21 heavy (non-hydrogen) atoms. The fraction of sp³-hybridized carbons (Fsp3) is 0.333. The van der Waals surface area contributed by atoms with E-state index in [0.29, 0.717) is 0 Å². The molecule has 2 rings (SSSR count). The third-order valence-corrected chi connectivity index (χ3v) is 4.00. The third kappa shape index (κ3) is 4.05. The van der Waals surface area contributed by atoms with Crippen LogP contribution in [-0.4, -0.2) is 7.05 Å². The Hall–Kier alpha value is -1.38. The van der Waals surface area contributed by atoms with E-state index >= 15 is 0 Å². The van der Waals surface area contributed by atoms with Crippen LogP contribution in [0.4, 0.5) is 4.39 Å². The van der Waals surface area contributed by atoms with Crippen LogP contribution in [0.3, 0.4) is 0 Å². The summed E-state index contributed by atoms with van der Waals surface area (Å²) in [4.78, 5) is 0.